The molecule has 0 saturated carbocycles. The van der Waals surface area contributed by atoms with Crippen LogP contribution in [0.2, 0.25) is 0 Å². The Morgan fingerprint density at radius 1 is 0.486 bits per heavy atom. The van der Waals surface area contributed by atoms with Gasteiger partial charge in [-0.05, 0) is 55.9 Å². The molecule has 5 heteroatoms. The van der Waals surface area contributed by atoms with E-state index in [0.29, 0.717) is 11.5 Å². The van der Waals surface area contributed by atoms with E-state index in [9.17, 15) is 9.46 Å². The van der Waals surface area contributed by atoms with Gasteiger partial charge in [-0.3, -0.25) is 4.89 Å². The largest absolute Gasteiger partial charge is 0.584 e. The fourth-order valence-electron chi connectivity index (χ4n) is 5.34. The van der Waals surface area contributed by atoms with Crippen LogP contribution in [0.15, 0.2) is 121 Å². The van der Waals surface area contributed by atoms with Crippen molar-refractivity contribution in [1.82, 2.24) is 0 Å². The first-order valence-electron chi connectivity index (χ1n) is 12.0. The van der Waals surface area contributed by atoms with E-state index < -0.39 is 7.82 Å². The van der Waals surface area contributed by atoms with Gasteiger partial charge in [0.2, 0.25) is 0 Å². The Bertz CT molecular complexity index is 1730. The van der Waals surface area contributed by atoms with Crippen molar-refractivity contribution in [2.75, 3.05) is 0 Å². The highest BCUT2D eigenvalue weighted by Gasteiger charge is 2.35. The second-order valence-electron chi connectivity index (χ2n) is 9.07. The summed E-state index contributed by atoms with van der Waals surface area (Å²) in [5, 5.41) is 3.88. The van der Waals surface area contributed by atoms with E-state index in [1.165, 1.54) is 0 Å². The molecule has 1 aliphatic heterocycles. The van der Waals surface area contributed by atoms with E-state index >= 15 is 0 Å². The summed E-state index contributed by atoms with van der Waals surface area (Å²) in [6.07, 6.45) is 0. The third kappa shape index (κ3) is 3.62. The van der Waals surface area contributed by atoms with Crippen molar-refractivity contribution in [1.29, 1.82) is 0 Å². The summed E-state index contributed by atoms with van der Waals surface area (Å²) in [6.45, 7) is 0. The lowest BCUT2D eigenvalue weighted by Crippen LogP contribution is -1.98. The number of hydrogen-bond acceptors (Lipinski definition) is 3. The van der Waals surface area contributed by atoms with Crippen molar-refractivity contribution >= 4 is 29.4 Å². The third-order valence-electron chi connectivity index (χ3n) is 6.86. The van der Waals surface area contributed by atoms with Crippen LogP contribution in [0.5, 0.6) is 11.5 Å². The Balaban J connectivity index is 1.64. The zero-order valence-electron chi connectivity index (χ0n) is 19.7. The molecule has 0 atom stereocenters. The lowest BCUT2D eigenvalue weighted by Gasteiger charge is -2.18. The third-order valence-corrected chi connectivity index (χ3v) is 7.72. The normalized spacial score (nSPS) is 13.8. The predicted octanol–water partition coefficient (Wildman–Crippen LogP) is 8.87. The summed E-state index contributed by atoms with van der Waals surface area (Å²) >= 11 is 0. The van der Waals surface area contributed by atoms with E-state index in [-0.39, 0.29) is 0 Å². The Morgan fingerprint density at radius 2 is 0.838 bits per heavy atom. The van der Waals surface area contributed by atoms with Crippen LogP contribution in [0, 0.1) is 0 Å². The van der Waals surface area contributed by atoms with Crippen molar-refractivity contribution in [2.24, 2.45) is 0 Å². The maximum atomic E-state index is 13.3. The molecule has 1 N–H and O–H groups in total. The van der Waals surface area contributed by atoms with Gasteiger partial charge in [0.05, 0.1) is 0 Å². The summed E-state index contributed by atoms with van der Waals surface area (Å²) in [4.78, 5) is 10.8. The van der Waals surface area contributed by atoms with Crippen LogP contribution in [-0.4, -0.2) is 4.89 Å². The van der Waals surface area contributed by atoms with Crippen LogP contribution in [0.1, 0.15) is 0 Å². The smallest absolute Gasteiger partial charge is 0.394 e. The number of benzene rings is 6. The Morgan fingerprint density at radius 3 is 1.24 bits per heavy atom. The molecule has 0 unspecified atom stereocenters. The molecule has 37 heavy (non-hydrogen) atoms. The van der Waals surface area contributed by atoms with E-state index in [2.05, 4.69) is 12.1 Å². The second kappa shape index (κ2) is 8.35. The number of fused-ring (bicyclic) bond motifs is 7. The van der Waals surface area contributed by atoms with Crippen LogP contribution in [0.25, 0.3) is 54.9 Å². The molecule has 7 rings (SSSR count). The molecule has 6 aromatic carbocycles. The molecule has 0 aromatic heterocycles. The van der Waals surface area contributed by atoms with Crippen molar-refractivity contribution in [3.63, 3.8) is 0 Å². The van der Waals surface area contributed by atoms with Gasteiger partial charge in [0.15, 0.2) is 0 Å². The zero-order chi connectivity index (χ0) is 25.0. The Kier molecular flexibility index (Phi) is 4.93. The molecular weight excluding hydrogens is 479 g/mol. The molecular formula is C32H21O4P. The van der Waals surface area contributed by atoms with Crippen LogP contribution < -0.4 is 9.05 Å². The average molecular weight is 500 g/mol. The van der Waals surface area contributed by atoms with Gasteiger partial charge >= 0.3 is 7.82 Å². The number of rotatable bonds is 2. The summed E-state index contributed by atoms with van der Waals surface area (Å²) in [5.74, 6) is 0.638. The highest BCUT2D eigenvalue weighted by Crippen LogP contribution is 2.58. The molecule has 1 heterocycles. The fraction of sp³-hybridized carbons (Fsp3) is 0. The lowest BCUT2D eigenvalue weighted by molar-refractivity contribution is 0.295. The molecule has 0 bridgehead atoms. The standard InChI is InChI=1S/C32H21O4P/c33-37(34)35-29-19-27(21-11-3-1-4-12-21)23-15-7-9-17-25(23)31(29)32-26-18-10-8-16-24(26)28(20-30(32)36-37)22-13-5-2-6-14-22/h1-20H,(H,33,34). The van der Waals surface area contributed by atoms with E-state index in [4.69, 9.17) is 9.05 Å². The monoisotopic (exact) mass is 500 g/mol. The van der Waals surface area contributed by atoms with E-state index in [1.807, 2.05) is 109 Å². The second-order valence-corrected chi connectivity index (χ2v) is 10.4. The molecule has 6 aromatic rings. The zero-order valence-corrected chi connectivity index (χ0v) is 20.6. The van der Waals surface area contributed by atoms with Gasteiger partial charge in [0.1, 0.15) is 11.5 Å². The minimum atomic E-state index is -4.47. The average Bonchev–Trinajstić information content (AvgIpc) is 3.05. The Labute approximate surface area is 214 Å². The minimum Gasteiger partial charge on any atom is -0.394 e. The van der Waals surface area contributed by atoms with Crippen LogP contribution in [0.4, 0.5) is 0 Å². The predicted molar refractivity (Wildman–Crippen MR) is 149 cm³/mol. The number of phosphoric ester groups is 1. The van der Waals surface area contributed by atoms with Crippen molar-refractivity contribution in [3.8, 4) is 44.9 Å². The molecule has 0 fully saturated rings. The van der Waals surface area contributed by atoms with Crippen molar-refractivity contribution < 1.29 is 18.5 Å². The van der Waals surface area contributed by atoms with Gasteiger partial charge in [-0.25, -0.2) is 4.57 Å². The maximum absolute atomic E-state index is 13.3. The van der Waals surface area contributed by atoms with E-state index in [0.717, 1.165) is 54.9 Å². The van der Waals surface area contributed by atoms with Gasteiger partial charge in [0.25, 0.3) is 0 Å². The molecule has 0 aliphatic carbocycles. The summed E-state index contributed by atoms with van der Waals surface area (Å²) in [6, 6.07) is 39.8. The lowest BCUT2D eigenvalue weighted by atomic mass is 9.86. The summed E-state index contributed by atoms with van der Waals surface area (Å²) in [5.41, 5.74) is 5.31. The molecule has 0 radical (unpaired) electrons. The fourth-order valence-corrected chi connectivity index (χ4v) is 6.16. The molecule has 1 aliphatic rings. The minimum absolute atomic E-state index is 0.319. The summed E-state index contributed by atoms with van der Waals surface area (Å²) < 4.78 is 24.8. The molecule has 0 saturated heterocycles. The van der Waals surface area contributed by atoms with Crippen LogP contribution in [0.3, 0.4) is 0 Å². The van der Waals surface area contributed by atoms with Crippen LogP contribution in [-0.2, 0) is 4.57 Å². The van der Waals surface area contributed by atoms with Gasteiger partial charge in [-0.15, -0.1) is 0 Å². The highest BCUT2D eigenvalue weighted by atomic mass is 31.2. The molecule has 178 valence electrons. The SMILES string of the molecule is O=P1(O)Oc2cc(-c3ccccc3)c3ccccc3c2-c2c(cc(-c3ccccc3)c3ccccc23)O1. The van der Waals surface area contributed by atoms with Gasteiger partial charge < -0.3 is 9.05 Å². The topological polar surface area (TPSA) is 55.8 Å². The Hall–Kier alpha value is -4.37. The first-order valence-corrected chi connectivity index (χ1v) is 13.5. The highest BCUT2D eigenvalue weighted by molar-refractivity contribution is 7.48. The van der Waals surface area contributed by atoms with Gasteiger partial charge in [-0.1, -0.05) is 109 Å². The first kappa shape index (κ1) is 21.9. The maximum Gasteiger partial charge on any atom is 0.584 e. The van der Waals surface area contributed by atoms with Crippen molar-refractivity contribution in [2.45, 2.75) is 0 Å². The van der Waals surface area contributed by atoms with Crippen molar-refractivity contribution in [3.05, 3.63) is 121 Å². The summed E-state index contributed by atoms with van der Waals surface area (Å²) in [7, 11) is -4.47. The number of hydrogen-bond donors (Lipinski definition) is 1. The molecule has 0 amide bonds. The molecule has 0 spiro atoms. The van der Waals surface area contributed by atoms with Gasteiger partial charge in [0, 0.05) is 11.1 Å². The van der Waals surface area contributed by atoms with Gasteiger partial charge in [-0.2, -0.15) is 0 Å². The number of phosphoric acid groups is 1. The van der Waals surface area contributed by atoms with Crippen LogP contribution >= 0.6 is 7.82 Å². The molecule has 4 nitrogen and oxygen atoms in total. The quantitative estimate of drug-likeness (QED) is 0.241. The van der Waals surface area contributed by atoms with E-state index in [1.54, 1.807) is 0 Å². The first-order chi connectivity index (χ1) is 18.1.